The van der Waals surface area contributed by atoms with E-state index in [1.165, 1.54) is 11.3 Å². The number of aromatic nitrogens is 1. The van der Waals surface area contributed by atoms with Gasteiger partial charge in [-0.15, -0.1) is 0 Å². The van der Waals surface area contributed by atoms with Crippen LogP contribution >= 0.6 is 11.3 Å². The lowest BCUT2D eigenvalue weighted by molar-refractivity contribution is 0.102. The van der Waals surface area contributed by atoms with Crippen molar-refractivity contribution in [2.75, 3.05) is 19.5 Å². The highest BCUT2D eigenvalue weighted by Crippen LogP contribution is 2.26. The van der Waals surface area contributed by atoms with Crippen LogP contribution in [0, 0.1) is 6.92 Å². The lowest BCUT2D eigenvalue weighted by atomic mass is 10.1. The van der Waals surface area contributed by atoms with Crippen LogP contribution in [0.1, 0.15) is 15.9 Å². The standard InChI is InChI=1S/C13H14N2O3S/c1-8-6-9(17-2)4-5-10(8)12(16)15-13-14-7-11(18-3)19-13/h4-7H,1-3H3,(H,14,15,16). The van der Waals surface area contributed by atoms with Crippen LogP contribution in [0.3, 0.4) is 0 Å². The number of amides is 1. The van der Waals surface area contributed by atoms with Crippen molar-refractivity contribution in [1.82, 2.24) is 4.98 Å². The third kappa shape index (κ3) is 3.03. The fourth-order valence-corrected chi connectivity index (χ4v) is 2.22. The molecule has 2 rings (SSSR count). The topological polar surface area (TPSA) is 60.5 Å². The number of hydrogen-bond acceptors (Lipinski definition) is 5. The fraction of sp³-hybridized carbons (Fsp3) is 0.231. The third-order valence-electron chi connectivity index (χ3n) is 2.58. The van der Waals surface area contributed by atoms with Crippen molar-refractivity contribution >= 4 is 22.4 Å². The Morgan fingerprint density at radius 2 is 2.11 bits per heavy atom. The van der Waals surface area contributed by atoms with Crippen molar-refractivity contribution in [2.45, 2.75) is 6.92 Å². The van der Waals surface area contributed by atoms with Gasteiger partial charge in [0.15, 0.2) is 10.2 Å². The van der Waals surface area contributed by atoms with Gasteiger partial charge >= 0.3 is 0 Å². The minimum atomic E-state index is -0.197. The molecule has 0 radical (unpaired) electrons. The van der Waals surface area contributed by atoms with E-state index in [0.717, 1.165) is 11.3 Å². The van der Waals surface area contributed by atoms with E-state index < -0.39 is 0 Å². The van der Waals surface area contributed by atoms with Gasteiger partial charge in [-0.25, -0.2) is 4.98 Å². The van der Waals surface area contributed by atoms with Gasteiger partial charge in [0.1, 0.15) is 5.75 Å². The first-order chi connectivity index (χ1) is 9.13. The van der Waals surface area contributed by atoms with E-state index in [0.29, 0.717) is 15.8 Å². The molecule has 0 atom stereocenters. The minimum absolute atomic E-state index is 0.197. The number of methoxy groups -OCH3 is 2. The fourth-order valence-electron chi connectivity index (χ4n) is 1.59. The van der Waals surface area contributed by atoms with Crippen LogP contribution in [0.2, 0.25) is 0 Å². The molecule has 6 heteroatoms. The number of nitrogens with zero attached hydrogens (tertiary/aromatic N) is 1. The van der Waals surface area contributed by atoms with Crippen LogP contribution in [-0.2, 0) is 0 Å². The molecule has 1 aromatic heterocycles. The largest absolute Gasteiger partial charge is 0.497 e. The molecular weight excluding hydrogens is 264 g/mol. The van der Waals surface area contributed by atoms with Gasteiger partial charge in [-0.3, -0.25) is 10.1 Å². The molecule has 100 valence electrons. The monoisotopic (exact) mass is 278 g/mol. The predicted octanol–water partition coefficient (Wildman–Crippen LogP) is 2.72. The summed E-state index contributed by atoms with van der Waals surface area (Å²) in [5.74, 6) is 0.530. The summed E-state index contributed by atoms with van der Waals surface area (Å²) in [6, 6.07) is 5.30. The first-order valence-electron chi connectivity index (χ1n) is 5.60. The zero-order chi connectivity index (χ0) is 13.8. The maximum Gasteiger partial charge on any atom is 0.257 e. The molecule has 0 saturated carbocycles. The lowest BCUT2D eigenvalue weighted by Crippen LogP contribution is -2.13. The zero-order valence-electron chi connectivity index (χ0n) is 10.9. The second-order valence-corrected chi connectivity index (χ2v) is 4.82. The van der Waals surface area contributed by atoms with E-state index in [9.17, 15) is 4.79 Å². The Bertz CT molecular complexity index is 595. The zero-order valence-corrected chi connectivity index (χ0v) is 11.7. The first kappa shape index (κ1) is 13.4. The van der Waals surface area contributed by atoms with Gasteiger partial charge in [0.25, 0.3) is 5.91 Å². The van der Waals surface area contributed by atoms with Crippen LogP contribution in [0.15, 0.2) is 24.4 Å². The Morgan fingerprint density at radius 3 is 2.68 bits per heavy atom. The van der Waals surface area contributed by atoms with Gasteiger partial charge in [-0.2, -0.15) is 0 Å². The Hall–Kier alpha value is -2.08. The number of anilines is 1. The van der Waals surface area contributed by atoms with Gasteiger partial charge in [0, 0.05) is 5.56 Å². The Morgan fingerprint density at radius 1 is 1.32 bits per heavy atom. The highest BCUT2D eigenvalue weighted by Gasteiger charge is 2.12. The number of aryl methyl sites for hydroxylation is 1. The van der Waals surface area contributed by atoms with Crippen molar-refractivity contribution in [3.63, 3.8) is 0 Å². The maximum absolute atomic E-state index is 12.1. The van der Waals surface area contributed by atoms with E-state index in [4.69, 9.17) is 9.47 Å². The summed E-state index contributed by atoms with van der Waals surface area (Å²) in [7, 11) is 3.16. The molecule has 0 bridgehead atoms. The van der Waals surface area contributed by atoms with Crippen LogP contribution in [0.25, 0.3) is 0 Å². The summed E-state index contributed by atoms with van der Waals surface area (Å²) >= 11 is 1.28. The molecule has 2 aromatic rings. The lowest BCUT2D eigenvalue weighted by Gasteiger charge is -2.07. The molecule has 0 aliphatic carbocycles. The first-order valence-corrected chi connectivity index (χ1v) is 6.41. The molecule has 0 saturated heterocycles. The second kappa shape index (κ2) is 5.71. The van der Waals surface area contributed by atoms with Crippen LogP contribution in [-0.4, -0.2) is 25.1 Å². The van der Waals surface area contributed by atoms with E-state index in [1.54, 1.807) is 32.5 Å². The number of carbonyl (C=O) groups is 1. The van der Waals surface area contributed by atoms with E-state index >= 15 is 0 Å². The Labute approximate surface area is 115 Å². The number of benzene rings is 1. The van der Waals surface area contributed by atoms with Crippen molar-refractivity contribution in [3.8, 4) is 10.8 Å². The molecule has 1 amide bonds. The van der Waals surface area contributed by atoms with E-state index in [2.05, 4.69) is 10.3 Å². The predicted molar refractivity (Wildman–Crippen MR) is 74.4 cm³/mol. The highest BCUT2D eigenvalue weighted by molar-refractivity contribution is 7.17. The van der Waals surface area contributed by atoms with Crippen LogP contribution < -0.4 is 14.8 Å². The molecule has 0 aliphatic rings. The third-order valence-corrected chi connectivity index (χ3v) is 3.46. The number of hydrogen-bond donors (Lipinski definition) is 1. The van der Waals surface area contributed by atoms with Gasteiger partial charge in [-0.1, -0.05) is 11.3 Å². The van der Waals surface area contributed by atoms with Crippen LogP contribution in [0.5, 0.6) is 10.8 Å². The minimum Gasteiger partial charge on any atom is -0.497 e. The summed E-state index contributed by atoms with van der Waals surface area (Å²) in [5, 5.41) is 3.90. The summed E-state index contributed by atoms with van der Waals surface area (Å²) in [4.78, 5) is 16.2. The number of thiazole rings is 1. The number of ether oxygens (including phenoxy) is 2. The van der Waals surface area contributed by atoms with E-state index in [1.807, 2.05) is 13.0 Å². The maximum atomic E-state index is 12.1. The molecule has 0 fully saturated rings. The molecule has 1 heterocycles. The molecule has 5 nitrogen and oxygen atoms in total. The number of nitrogens with one attached hydrogen (secondary N) is 1. The molecule has 1 aromatic carbocycles. The van der Waals surface area contributed by atoms with Gasteiger partial charge < -0.3 is 9.47 Å². The molecule has 0 aliphatic heterocycles. The average molecular weight is 278 g/mol. The summed E-state index contributed by atoms with van der Waals surface area (Å²) in [6.45, 7) is 1.86. The molecular formula is C13H14N2O3S. The summed E-state index contributed by atoms with van der Waals surface area (Å²) < 4.78 is 10.1. The van der Waals surface area contributed by atoms with Crippen molar-refractivity contribution in [3.05, 3.63) is 35.5 Å². The number of carbonyl (C=O) groups excluding carboxylic acids is 1. The van der Waals surface area contributed by atoms with Gasteiger partial charge in [-0.05, 0) is 30.7 Å². The average Bonchev–Trinajstić information content (AvgIpc) is 2.86. The molecule has 1 N–H and O–H groups in total. The molecule has 0 spiro atoms. The quantitative estimate of drug-likeness (QED) is 0.934. The second-order valence-electron chi connectivity index (χ2n) is 3.82. The van der Waals surface area contributed by atoms with Crippen molar-refractivity contribution < 1.29 is 14.3 Å². The molecule has 19 heavy (non-hydrogen) atoms. The smallest absolute Gasteiger partial charge is 0.257 e. The highest BCUT2D eigenvalue weighted by atomic mass is 32.1. The summed E-state index contributed by atoms with van der Waals surface area (Å²) in [6.07, 6.45) is 1.57. The Kier molecular flexibility index (Phi) is 4.01. The van der Waals surface area contributed by atoms with Crippen molar-refractivity contribution in [2.24, 2.45) is 0 Å². The van der Waals surface area contributed by atoms with Gasteiger partial charge in [0.2, 0.25) is 0 Å². The molecule has 0 unspecified atom stereocenters. The SMILES string of the molecule is COc1ccc(C(=O)Nc2ncc(OC)s2)c(C)c1. The van der Waals surface area contributed by atoms with Gasteiger partial charge in [0.05, 0.1) is 20.4 Å². The van der Waals surface area contributed by atoms with E-state index in [-0.39, 0.29) is 5.91 Å². The van der Waals surface area contributed by atoms with Crippen molar-refractivity contribution in [1.29, 1.82) is 0 Å². The Balaban J connectivity index is 2.15. The normalized spacial score (nSPS) is 10.1. The van der Waals surface area contributed by atoms with Crippen LogP contribution in [0.4, 0.5) is 5.13 Å². The summed E-state index contributed by atoms with van der Waals surface area (Å²) in [5.41, 5.74) is 1.44. The number of rotatable bonds is 4.